The van der Waals surface area contributed by atoms with Crippen LogP contribution in [0.4, 0.5) is 0 Å². The Morgan fingerprint density at radius 1 is 1.24 bits per heavy atom. The molecule has 4 rings (SSSR count). The van der Waals surface area contributed by atoms with E-state index in [9.17, 15) is 9.90 Å². The van der Waals surface area contributed by atoms with Crippen LogP contribution in [0.1, 0.15) is 29.8 Å². The van der Waals surface area contributed by atoms with Crippen molar-refractivity contribution in [3.05, 3.63) is 54.5 Å². The van der Waals surface area contributed by atoms with Crippen molar-refractivity contribution in [3.63, 3.8) is 0 Å². The second kappa shape index (κ2) is 6.29. The van der Waals surface area contributed by atoms with Gasteiger partial charge in [0.25, 0.3) is 5.91 Å². The number of para-hydroxylation sites is 1. The van der Waals surface area contributed by atoms with Gasteiger partial charge in [-0.25, -0.2) is 9.67 Å². The number of hydrogen-bond donors (Lipinski definition) is 1. The average Bonchev–Trinajstić information content (AvgIpc) is 3.26. The van der Waals surface area contributed by atoms with E-state index in [0.29, 0.717) is 11.4 Å². The van der Waals surface area contributed by atoms with Crippen LogP contribution >= 0.6 is 0 Å². The lowest BCUT2D eigenvalue weighted by Gasteiger charge is -2.27. The van der Waals surface area contributed by atoms with Crippen LogP contribution in [-0.2, 0) is 0 Å². The topological polar surface area (TPSA) is 71.2 Å². The molecule has 0 bridgehead atoms. The molecule has 0 radical (unpaired) electrons. The number of likely N-dealkylation sites (N-methyl/N-ethyl adjacent to an activating group) is 1. The first kappa shape index (κ1) is 15.8. The Bertz CT molecular complexity index is 920. The zero-order valence-corrected chi connectivity index (χ0v) is 14.0. The van der Waals surface area contributed by atoms with E-state index in [2.05, 4.69) is 10.1 Å². The van der Waals surface area contributed by atoms with E-state index < -0.39 is 6.10 Å². The molecular formula is C19H20N4O2. The normalized spacial score (nSPS) is 20.1. The highest BCUT2D eigenvalue weighted by molar-refractivity contribution is 5.96. The molecule has 1 aromatic carbocycles. The van der Waals surface area contributed by atoms with E-state index in [0.717, 1.165) is 30.2 Å². The number of aliphatic hydroxyl groups is 1. The van der Waals surface area contributed by atoms with Gasteiger partial charge in [-0.05, 0) is 37.5 Å². The number of nitrogens with zero attached hydrogens (tertiary/aromatic N) is 4. The fraction of sp³-hybridized carbons (Fsp3) is 0.316. The van der Waals surface area contributed by atoms with Crippen LogP contribution in [-0.4, -0.2) is 49.9 Å². The molecule has 1 N–H and O–H groups in total. The van der Waals surface area contributed by atoms with Gasteiger partial charge in [-0.1, -0.05) is 18.2 Å². The zero-order chi connectivity index (χ0) is 17.4. The number of hydrogen-bond acceptors (Lipinski definition) is 4. The molecule has 1 aliphatic rings. The highest BCUT2D eigenvalue weighted by Gasteiger charge is 2.33. The van der Waals surface area contributed by atoms with E-state index in [1.54, 1.807) is 35.1 Å². The molecule has 6 nitrogen and oxygen atoms in total. The summed E-state index contributed by atoms with van der Waals surface area (Å²) in [6.07, 6.45) is 5.41. The molecule has 6 heteroatoms. The lowest BCUT2D eigenvalue weighted by molar-refractivity contribution is 0.0533. The Morgan fingerprint density at radius 2 is 2.08 bits per heavy atom. The number of carbonyl (C=O) groups excluding carboxylic acids is 1. The molecule has 2 atom stereocenters. The molecule has 2 heterocycles. The monoisotopic (exact) mass is 336 g/mol. The number of rotatable bonds is 3. The summed E-state index contributed by atoms with van der Waals surface area (Å²) in [4.78, 5) is 19.0. The van der Waals surface area contributed by atoms with Crippen LogP contribution in [0.5, 0.6) is 0 Å². The van der Waals surface area contributed by atoms with Gasteiger partial charge in [0, 0.05) is 18.6 Å². The van der Waals surface area contributed by atoms with Crippen molar-refractivity contribution in [2.45, 2.75) is 31.4 Å². The molecule has 0 saturated heterocycles. The van der Waals surface area contributed by atoms with Crippen molar-refractivity contribution in [2.24, 2.45) is 0 Å². The Balaban J connectivity index is 1.75. The van der Waals surface area contributed by atoms with Crippen LogP contribution in [0.2, 0.25) is 0 Å². The SMILES string of the molecule is CN(C(=O)c1ncccc1-n1ncc2ccccc21)[C@@H]1CCC[C@H]1O. The van der Waals surface area contributed by atoms with Gasteiger partial charge in [-0.15, -0.1) is 0 Å². The minimum atomic E-state index is -0.466. The quantitative estimate of drug-likeness (QED) is 0.797. The molecule has 0 unspecified atom stereocenters. The first-order valence-corrected chi connectivity index (χ1v) is 8.50. The summed E-state index contributed by atoms with van der Waals surface area (Å²) in [5.74, 6) is -0.193. The summed E-state index contributed by atoms with van der Waals surface area (Å²) in [5, 5.41) is 15.6. The minimum Gasteiger partial charge on any atom is -0.391 e. The van der Waals surface area contributed by atoms with E-state index in [-0.39, 0.29) is 11.9 Å². The Kier molecular flexibility index (Phi) is 3.97. The summed E-state index contributed by atoms with van der Waals surface area (Å²) in [5.41, 5.74) is 1.92. The molecular weight excluding hydrogens is 316 g/mol. The maximum atomic E-state index is 13.0. The summed E-state index contributed by atoms with van der Waals surface area (Å²) < 4.78 is 1.74. The number of aliphatic hydroxyl groups excluding tert-OH is 1. The lowest BCUT2D eigenvalue weighted by Crippen LogP contribution is -2.42. The van der Waals surface area contributed by atoms with Gasteiger partial charge >= 0.3 is 0 Å². The number of aromatic nitrogens is 3. The predicted molar refractivity (Wildman–Crippen MR) is 94.6 cm³/mol. The Labute approximate surface area is 145 Å². The third-order valence-corrected chi connectivity index (χ3v) is 4.96. The molecule has 0 spiro atoms. The third-order valence-electron chi connectivity index (χ3n) is 4.96. The van der Waals surface area contributed by atoms with Gasteiger partial charge in [0.15, 0.2) is 5.69 Å². The summed E-state index contributed by atoms with van der Waals surface area (Å²) >= 11 is 0. The number of fused-ring (bicyclic) bond motifs is 1. The molecule has 25 heavy (non-hydrogen) atoms. The van der Waals surface area contributed by atoms with Crippen molar-refractivity contribution in [3.8, 4) is 5.69 Å². The maximum Gasteiger partial charge on any atom is 0.274 e. The highest BCUT2D eigenvalue weighted by atomic mass is 16.3. The van der Waals surface area contributed by atoms with Crippen LogP contribution < -0.4 is 0 Å². The predicted octanol–water partition coefficient (Wildman–Crippen LogP) is 2.41. The fourth-order valence-corrected chi connectivity index (χ4v) is 3.59. The second-order valence-electron chi connectivity index (χ2n) is 6.47. The summed E-state index contributed by atoms with van der Waals surface area (Å²) in [7, 11) is 1.74. The number of pyridine rings is 1. The van der Waals surface area contributed by atoms with Gasteiger partial charge in [0.1, 0.15) is 0 Å². The summed E-state index contributed by atoms with van der Waals surface area (Å²) in [6, 6.07) is 11.3. The molecule has 1 amide bonds. The first-order chi connectivity index (χ1) is 12.2. The van der Waals surface area contributed by atoms with Gasteiger partial charge in [0.05, 0.1) is 29.5 Å². The van der Waals surface area contributed by atoms with Crippen molar-refractivity contribution in [1.29, 1.82) is 0 Å². The van der Waals surface area contributed by atoms with Crippen molar-refractivity contribution in [2.75, 3.05) is 7.05 Å². The van der Waals surface area contributed by atoms with Crippen molar-refractivity contribution >= 4 is 16.8 Å². The van der Waals surface area contributed by atoms with Crippen LogP contribution in [0.3, 0.4) is 0 Å². The van der Waals surface area contributed by atoms with E-state index in [1.165, 1.54) is 0 Å². The fourth-order valence-electron chi connectivity index (χ4n) is 3.59. The number of amides is 1. The first-order valence-electron chi connectivity index (χ1n) is 8.50. The lowest BCUT2D eigenvalue weighted by atomic mass is 10.1. The van der Waals surface area contributed by atoms with Gasteiger partial charge in [0.2, 0.25) is 0 Å². The summed E-state index contributed by atoms with van der Waals surface area (Å²) in [6.45, 7) is 0. The highest BCUT2D eigenvalue weighted by Crippen LogP contribution is 2.26. The number of carbonyl (C=O) groups is 1. The second-order valence-corrected chi connectivity index (χ2v) is 6.47. The van der Waals surface area contributed by atoms with E-state index >= 15 is 0 Å². The average molecular weight is 336 g/mol. The zero-order valence-electron chi connectivity index (χ0n) is 14.0. The molecule has 2 aromatic heterocycles. The largest absolute Gasteiger partial charge is 0.391 e. The van der Waals surface area contributed by atoms with Gasteiger partial charge in [-0.2, -0.15) is 5.10 Å². The van der Waals surface area contributed by atoms with Gasteiger partial charge < -0.3 is 10.0 Å². The van der Waals surface area contributed by atoms with Crippen molar-refractivity contribution < 1.29 is 9.90 Å². The third kappa shape index (κ3) is 2.68. The minimum absolute atomic E-state index is 0.156. The molecule has 1 aliphatic carbocycles. The van der Waals surface area contributed by atoms with Crippen molar-refractivity contribution in [1.82, 2.24) is 19.7 Å². The Hall–Kier alpha value is -2.73. The van der Waals surface area contributed by atoms with Gasteiger partial charge in [-0.3, -0.25) is 4.79 Å². The van der Waals surface area contributed by atoms with E-state index in [4.69, 9.17) is 0 Å². The molecule has 128 valence electrons. The molecule has 1 saturated carbocycles. The van der Waals surface area contributed by atoms with E-state index in [1.807, 2.05) is 30.3 Å². The molecule has 3 aromatic rings. The van der Waals surface area contributed by atoms with Crippen LogP contribution in [0, 0.1) is 0 Å². The molecule has 0 aliphatic heterocycles. The Morgan fingerprint density at radius 3 is 2.88 bits per heavy atom. The molecule has 1 fully saturated rings. The maximum absolute atomic E-state index is 13.0. The van der Waals surface area contributed by atoms with Crippen LogP contribution in [0.25, 0.3) is 16.6 Å². The smallest absolute Gasteiger partial charge is 0.274 e. The van der Waals surface area contributed by atoms with Crippen LogP contribution in [0.15, 0.2) is 48.8 Å². The standard InChI is InChI=1S/C19H20N4O2/c1-22(15-8-4-10-17(15)24)19(25)18-16(9-5-11-20-18)23-14-7-3-2-6-13(14)12-21-23/h2-3,5-7,9,11-12,15,17,24H,4,8,10H2,1H3/t15-,17-/m1/s1. The number of benzene rings is 1.